The van der Waals surface area contributed by atoms with Crippen LogP contribution < -0.4 is 5.32 Å². The topological polar surface area (TPSA) is 92.5 Å². The first kappa shape index (κ1) is 16.2. The minimum atomic E-state index is -3.54. The molecular formula is C15H21N3O4S. The van der Waals surface area contributed by atoms with Gasteiger partial charge in [0.1, 0.15) is 0 Å². The van der Waals surface area contributed by atoms with Gasteiger partial charge in [-0.15, -0.1) is 0 Å². The number of hydrogen-bond donors (Lipinski definition) is 1. The van der Waals surface area contributed by atoms with Gasteiger partial charge < -0.3 is 5.32 Å². The molecule has 0 amide bonds. The van der Waals surface area contributed by atoms with Crippen molar-refractivity contribution in [2.75, 3.05) is 18.1 Å². The van der Waals surface area contributed by atoms with E-state index in [-0.39, 0.29) is 16.6 Å². The molecule has 1 N–H and O–H groups in total. The second-order valence-electron chi connectivity index (χ2n) is 6.56. The lowest BCUT2D eigenvalue weighted by molar-refractivity contribution is -0.385. The van der Waals surface area contributed by atoms with E-state index in [9.17, 15) is 18.5 Å². The molecule has 0 aromatic heterocycles. The van der Waals surface area contributed by atoms with Crippen LogP contribution in [0.15, 0.2) is 23.1 Å². The molecule has 2 fully saturated rings. The van der Waals surface area contributed by atoms with Crippen LogP contribution in [0, 0.1) is 10.1 Å². The van der Waals surface area contributed by atoms with E-state index in [4.69, 9.17) is 0 Å². The quantitative estimate of drug-likeness (QED) is 0.652. The predicted molar refractivity (Wildman–Crippen MR) is 87.4 cm³/mol. The van der Waals surface area contributed by atoms with E-state index < -0.39 is 14.8 Å². The molecule has 0 radical (unpaired) electrons. The normalized spacial score (nSPS) is 25.5. The highest BCUT2D eigenvalue weighted by Gasteiger charge is 2.39. The van der Waals surface area contributed by atoms with Crippen LogP contribution in [0.1, 0.15) is 26.2 Å². The summed E-state index contributed by atoms with van der Waals surface area (Å²) in [5.74, 6) is 0. The number of likely N-dealkylation sites (tertiary alicyclic amines) is 1. The van der Waals surface area contributed by atoms with Crippen molar-refractivity contribution >= 4 is 21.2 Å². The molecule has 1 heterocycles. The monoisotopic (exact) mass is 339 g/mol. The number of nitrogens with one attached hydrogen (secondary N) is 1. The predicted octanol–water partition coefficient (Wildman–Crippen LogP) is 2.04. The average Bonchev–Trinajstić information content (AvgIpc) is 3.22. The largest absolute Gasteiger partial charge is 0.380 e. The Morgan fingerprint density at radius 1 is 1.35 bits per heavy atom. The zero-order valence-electron chi connectivity index (χ0n) is 13.2. The highest BCUT2D eigenvalue weighted by atomic mass is 32.2. The lowest BCUT2D eigenvalue weighted by Gasteiger charge is -2.20. The Hall–Kier alpha value is -1.67. The standard InChI is InChI=1S/C15H21N3O4S/c1-10-7-11(9-17(10)12-3-4-12)16-14-6-5-13(18(19)20)8-15(14)23(2,21)22/h5-6,8,10-12,16H,3-4,7,9H2,1-2H3. The smallest absolute Gasteiger partial charge is 0.270 e. The van der Waals surface area contributed by atoms with Gasteiger partial charge in [0.05, 0.1) is 15.5 Å². The van der Waals surface area contributed by atoms with E-state index in [1.807, 2.05) is 0 Å². The molecule has 1 saturated carbocycles. The van der Waals surface area contributed by atoms with Crippen LogP contribution in [-0.4, -0.2) is 49.2 Å². The number of hydrogen-bond acceptors (Lipinski definition) is 6. The van der Waals surface area contributed by atoms with E-state index >= 15 is 0 Å². The van der Waals surface area contributed by atoms with Gasteiger partial charge in [-0.1, -0.05) is 0 Å². The first-order valence-corrected chi connectivity index (χ1v) is 9.65. The average molecular weight is 339 g/mol. The molecule has 126 valence electrons. The van der Waals surface area contributed by atoms with Gasteiger partial charge in [0, 0.05) is 43.1 Å². The molecule has 0 spiro atoms. The molecule has 1 aromatic rings. The summed E-state index contributed by atoms with van der Waals surface area (Å²) in [5.41, 5.74) is 0.239. The maximum absolute atomic E-state index is 12.0. The molecule has 1 saturated heterocycles. The van der Waals surface area contributed by atoms with Crippen molar-refractivity contribution in [3.8, 4) is 0 Å². The fraction of sp³-hybridized carbons (Fsp3) is 0.600. The summed E-state index contributed by atoms with van der Waals surface area (Å²) in [6, 6.07) is 5.28. The maximum Gasteiger partial charge on any atom is 0.270 e. The van der Waals surface area contributed by atoms with E-state index in [1.165, 1.54) is 25.0 Å². The van der Waals surface area contributed by atoms with Crippen molar-refractivity contribution in [1.82, 2.24) is 4.90 Å². The van der Waals surface area contributed by atoms with Crippen LogP contribution in [0.25, 0.3) is 0 Å². The second kappa shape index (κ2) is 5.76. The van der Waals surface area contributed by atoms with Crippen LogP contribution in [-0.2, 0) is 9.84 Å². The third kappa shape index (κ3) is 3.48. The minimum Gasteiger partial charge on any atom is -0.380 e. The fourth-order valence-electron chi connectivity index (χ4n) is 3.35. The Kier molecular flexibility index (Phi) is 4.05. The summed E-state index contributed by atoms with van der Waals surface area (Å²) in [4.78, 5) is 12.8. The van der Waals surface area contributed by atoms with Gasteiger partial charge in [0.15, 0.2) is 9.84 Å². The molecule has 2 unspecified atom stereocenters. The number of anilines is 1. The third-order valence-electron chi connectivity index (χ3n) is 4.57. The van der Waals surface area contributed by atoms with Gasteiger partial charge in [-0.2, -0.15) is 0 Å². The number of nitro benzene ring substituents is 1. The van der Waals surface area contributed by atoms with E-state index in [0.29, 0.717) is 17.8 Å². The summed E-state index contributed by atoms with van der Waals surface area (Å²) in [5, 5.41) is 14.2. The second-order valence-corrected chi connectivity index (χ2v) is 8.55. The molecule has 2 atom stereocenters. The van der Waals surface area contributed by atoms with Crippen molar-refractivity contribution in [2.45, 2.75) is 49.2 Å². The SMILES string of the molecule is CC1CC(Nc2ccc([N+](=O)[O-])cc2S(C)(=O)=O)CN1C1CC1. The number of nitro groups is 1. The first-order chi connectivity index (χ1) is 10.8. The summed E-state index contributed by atoms with van der Waals surface area (Å²) in [7, 11) is -3.54. The number of rotatable bonds is 5. The summed E-state index contributed by atoms with van der Waals surface area (Å²) < 4.78 is 24.0. The molecule has 0 bridgehead atoms. The van der Waals surface area contributed by atoms with Crippen LogP contribution in [0.3, 0.4) is 0 Å². The highest BCUT2D eigenvalue weighted by molar-refractivity contribution is 7.90. The Balaban J connectivity index is 1.83. The molecule has 3 rings (SSSR count). The molecule has 1 aromatic carbocycles. The van der Waals surface area contributed by atoms with E-state index in [2.05, 4.69) is 17.1 Å². The first-order valence-electron chi connectivity index (χ1n) is 7.76. The Labute approximate surface area is 135 Å². The molecule has 8 heteroatoms. The van der Waals surface area contributed by atoms with Gasteiger partial charge in [-0.3, -0.25) is 15.0 Å². The number of nitrogens with zero attached hydrogens (tertiary/aromatic N) is 2. The summed E-state index contributed by atoms with van der Waals surface area (Å²) >= 11 is 0. The summed E-state index contributed by atoms with van der Waals surface area (Å²) in [6.45, 7) is 3.07. The van der Waals surface area contributed by atoms with E-state index in [1.54, 1.807) is 0 Å². The molecule has 1 aliphatic carbocycles. The van der Waals surface area contributed by atoms with Crippen molar-refractivity contribution in [2.24, 2.45) is 0 Å². The molecule has 7 nitrogen and oxygen atoms in total. The lowest BCUT2D eigenvalue weighted by atomic mass is 10.2. The summed E-state index contributed by atoms with van der Waals surface area (Å²) in [6.07, 6.45) is 4.49. The van der Waals surface area contributed by atoms with Gasteiger partial charge in [0.2, 0.25) is 0 Å². The van der Waals surface area contributed by atoms with Crippen molar-refractivity contribution in [1.29, 1.82) is 0 Å². The van der Waals surface area contributed by atoms with Crippen molar-refractivity contribution in [3.05, 3.63) is 28.3 Å². The maximum atomic E-state index is 12.0. The molecule has 1 aliphatic heterocycles. The van der Waals surface area contributed by atoms with E-state index in [0.717, 1.165) is 25.3 Å². The van der Waals surface area contributed by atoms with Crippen molar-refractivity contribution in [3.63, 3.8) is 0 Å². The number of non-ortho nitro benzene ring substituents is 1. The molecular weight excluding hydrogens is 318 g/mol. The van der Waals surface area contributed by atoms with Crippen LogP contribution in [0.2, 0.25) is 0 Å². The highest BCUT2D eigenvalue weighted by Crippen LogP contribution is 2.35. The Morgan fingerprint density at radius 2 is 2.04 bits per heavy atom. The zero-order valence-corrected chi connectivity index (χ0v) is 14.0. The van der Waals surface area contributed by atoms with Crippen LogP contribution >= 0.6 is 0 Å². The molecule has 2 aliphatic rings. The van der Waals surface area contributed by atoms with Crippen molar-refractivity contribution < 1.29 is 13.3 Å². The van der Waals surface area contributed by atoms with Gasteiger partial charge in [0.25, 0.3) is 5.69 Å². The fourth-order valence-corrected chi connectivity index (χ4v) is 4.21. The molecule has 23 heavy (non-hydrogen) atoms. The zero-order chi connectivity index (χ0) is 16.8. The van der Waals surface area contributed by atoms with Gasteiger partial charge in [-0.05, 0) is 32.3 Å². The Bertz CT molecular complexity index is 730. The number of benzene rings is 1. The van der Waals surface area contributed by atoms with Gasteiger partial charge >= 0.3 is 0 Å². The van der Waals surface area contributed by atoms with Crippen LogP contribution in [0.4, 0.5) is 11.4 Å². The number of sulfone groups is 1. The minimum absolute atomic E-state index is 0.00998. The van der Waals surface area contributed by atoms with Gasteiger partial charge in [-0.25, -0.2) is 8.42 Å². The third-order valence-corrected chi connectivity index (χ3v) is 5.71. The Morgan fingerprint density at radius 3 is 2.61 bits per heavy atom. The van der Waals surface area contributed by atoms with Crippen LogP contribution in [0.5, 0.6) is 0 Å². The lowest BCUT2D eigenvalue weighted by Crippen LogP contribution is -2.31.